The predicted molar refractivity (Wildman–Crippen MR) is 156 cm³/mol. The number of hydrogen-bond acceptors (Lipinski definition) is 7. The zero-order valence-electron chi connectivity index (χ0n) is 23.0. The molecule has 0 fully saturated rings. The van der Waals surface area contributed by atoms with Gasteiger partial charge in [-0.1, -0.05) is 48.2 Å². The number of carbonyl (C=O) groups is 2. The van der Waals surface area contributed by atoms with Crippen LogP contribution in [0.1, 0.15) is 24.0 Å². The van der Waals surface area contributed by atoms with Gasteiger partial charge in [-0.15, -0.1) is 0 Å². The largest absolute Gasteiger partial charge is 0.355 e. The van der Waals surface area contributed by atoms with Crippen molar-refractivity contribution in [2.75, 3.05) is 46.1 Å². The number of rotatable bonds is 11. The highest BCUT2D eigenvalue weighted by Crippen LogP contribution is 2.23. The van der Waals surface area contributed by atoms with Gasteiger partial charge in [-0.3, -0.25) is 9.59 Å². The van der Waals surface area contributed by atoms with Crippen molar-refractivity contribution in [1.29, 1.82) is 5.26 Å². The van der Waals surface area contributed by atoms with E-state index in [0.29, 0.717) is 48.7 Å². The van der Waals surface area contributed by atoms with Gasteiger partial charge in [0.25, 0.3) is 0 Å². The van der Waals surface area contributed by atoms with Crippen LogP contribution in [0.5, 0.6) is 0 Å². The van der Waals surface area contributed by atoms with E-state index in [9.17, 15) is 9.59 Å². The van der Waals surface area contributed by atoms with Gasteiger partial charge in [0, 0.05) is 50.1 Å². The molecule has 2 amide bonds. The number of nitrogens with zero attached hydrogens (tertiary/aromatic N) is 5. The summed E-state index contributed by atoms with van der Waals surface area (Å²) >= 11 is 0. The third-order valence-corrected chi connectivity index (χ3v) is 5.62. The van der Waals surface area contributed by atoms with Crippen LogP contribution in [0.2, 0.25) is 0 Å². The smallest absolute Gasteiger partial charge is 0.246 e. The maximum atomic E-state index is 12.2. The minimum atomic E-state index is -0.213. The maximum Gasteiger partial charge on any atom is 0.246 e. The van der Waals surface area contributed by atoms with E-state index in [4.69, 9.17) is 10.2 Å². The van der Waals surface area contributed by atoms with Crippen molar-refractivity contribution in [2.24, 2.45) is 0 Å². The Kier molecular flexibility index (Phi) is 11.4. The van der Waals surface area contributed by atoms with Crippen LogP contribution in [0, 0.1) is 23.2 Å². The molecule has 0 aliphatic carbocycles. The Morgan fingerprint density at radius 3 is 2.50 bits per heavy atom. The van der Waals surface area contributed by atoms with Crippen molar-refractivity contribution in [3.8, 4) is 29.2 Å². The van der Waals surface area contributed by atoms with Gasteiger partial charge in [0.2, 0.25) is 17.8 Å². The molecule has 204 valence electrons. The van der Waals surface area contributed by atoms with Gasteiger partial charge >= 0.3 is 0 Å². The number of carbonyl (C=O) groups excluding carboxylic acids is 2. The van der Waals surface area contributed by atoms with Crippen molar-refractivity contribution in [1.82, 2.24) is 25.1 Å². The van der Waals surface area contributed by atoms with Crippen molar-refractivity contribution < 1.29 is 9.59 Å². The van der Waals surface area contributed by atoms with Crippen molar-refractivity contribution in [3.05, 3.63) is 84.1 Å². The summed E-state index contributed by atoms with van der Waals surface area (Å²) in [5, 5.41) is 15.0. The van der Waals surface area contributed by atoms with E-state index in [0.717, 1.165) is 11.3 Å². The van der Waals surface area contributed by atoms with Crippen LogP contribution in [0.15, 0.2) is 72.9 Å². The molecule has 0 spiro atoms. The molecule has 0 unspecified atom stereocenters. The van der Waals surface area contributed by atoms with E-state index in [1.54, 1.807) is 43.6 Å². The SMILES string of the molecule is CN(C)C/C=C/C(=O)N(C)CC(=O)NCCCC#Cc1cnc(Nc2ccc(C#N)cc2)nc1-c1ccccc1. The van der Waals surface area contributed by atoms with Gasteiger partial charge in [-0.25, -0.2) is 9.97 Å². The number of unbranched alkanes of at least 4 members (excludes halogenated alkanes) is 1. The second-order valence-electron chi connectivity index (χ2n) is 9.25. The molecule has 3 rings (SSSR count). The molecule has 2 N–H and O–H groups in total. The van der Waals surface area contributed by atoms with Crippen molar-refractivity contribution in [2.45, 2.75) is 12.8 Å². The second-order valence-corrected chi connectivity index (χ2v) is 9.25. The molecule has 3 aromatic rings. The zero-order chi connectivity index (χ0) is 28.7. The summed E-state index contributed by atoms with van der Waals surface area (Å²) in [5.74, 6) is 6.31. The van der Waals surface area contributed by atoms with Crippen LogP contribution < -0.4 is 10.6 Å². The summed E-state index contributed by atoms with van der Waals surface area (Å²) < 4.78 is 0. The maximum absolute atomic E-state index is 12.2. The minimum Gasteiger partial charge on any atom is -0.355 e. The zero-order valence-corrected chi connectivity index (χ0v) is 23.0. The second kappa shape index (κ2) is 15.4. The van der Waals surface area contributed by atoms with Crippen molar-refractivity contribution in [3.63, 3.8) is 0 Å². The Morgan fingerprint density at radius 2 is 1.80 bits per heavy atom. The number of anilines is 2. The molecule has 0 aliphatic heterocycles. The average Bonchev–Trinajstić information content (AvgIpc) is 2.96. The van der Waals surface area contributed by atoms with Gasteiger partial charge in [0.05, 0.1) is 29.4 Å². The Morgan fingerprint density at radius 1 is 1.05 bits per heavy atom. The van der Waals surface area contributed by atoms with Gasteiger partial charge in [0.1, 0.15) is 0 Å². The first-order chi connectivity index (χ1) is 19.4. The molecule has 40 heavy (non-hydrogen) atoms. The molecular formula is C31H33N7O2. The van der Waals surface area contributed by atoms with E-state index in [1.807, 2.05) is 49.3 Å². The molecule has 0 radical (unpaired) electrons. The Balaban J connectivity index is 1.55. The number of amides is 2. The predicted octanol–water partition coefficient (Wildman–Crippen LogP) is 3.58. The first-order valence-electron chi connectivity index (χ1n) is 12.9. The summed E-state index contributed by atoms with van der Waals surface area (Å²) in [6.07, 6.45) is 6.17. The summed E-state index contributed by atoms with van der Waals surface area (Å²) in [6, 6.07) is 18.9. The molecule has 0 atom stereocenters. The molecule has 0 aliphatic rings. The van der Waals surface area contributed by atoms with Gasteiger partial charge < -0.3 is 20.4 Å². The standard InChI is InChI=1S/C31H33N7O2/c1-37(2)20-10-14-29(40)38(3)23-28(39)33-19-9-5-8-13-26-22-34-31(35-27-17-15-24(21-32)16-18-27)36-30(26)25-11-6-4-7-12-25/h4,6-7,10-12,14-18,22H,5,9,19-20,23H2,1-3H3,(H,33,39)(H,34,35,36)/b14-10+. The molecule has 0 saturated heterocycles. The van der Waals surface area contributed by atoms with Crippen LogP contribution in [-0.4, -0.2) is 72.4 Å². The number of nitriles is 1. The minimum absolute atomic E-state index is 0.00254. The van der Waals surface area contributed by atoms with E-state index >= 15 is 0 Å². The van der Waals surface area contributed by atoms with Crippen LogP contribution in [0.25, 0.3) is 11.3 Å². The molecule has 9 heteroatoms. The van der Waals surface area contributed by atoms with Crippen LogP contribution in [-0.2, 0) is 9.59 Å². The quantitative estimate of drug-likeness (QED) is 0.219. The van der Waals surface area contributed by atoms with E-state index in [-0.39, 0.29) is 18.4 Å². The highest BCUT2D eigenvalue weighted by atomic mass is 16.2. The molecule has 0 saturated carbocycles. The van der Waals surface area contributed by atoms with Crippen LogP contribution >= 0.6 is 0 Å². The highest BCUT2D eigenvalue weighted by molar-refractivity contribution is 5.91. The lowest BCUT2D eigenvalue weighted by Gasteiger charge is -2.14. The molecule has 0 bridgehead atoms. The first kappa shape index (κ1) is 29.6. The monoisotopic (exact) mass is 535 g/mol. The average molecular weight is 536 g/mol. The fraction of sp³-hybridized carbons (Fsp3) is 0.258. The van der Waals surface area contributed by atoms with Crippen molar-refractivity contribution >= 4 is 23.5 Å². The summed E-state index contributed by atoms with van der Waals surface area (Å²) in [6.45, 7) is 1.12. The molecule has 1 heterocycles. The Labute approximate surface area is 235 Å². The van der Waals surface area contributed by atoms with E-state index in [2.05, 4.69) is 33.5 Å². The number of likely N-dealkylation sites (N-methyl/N-ethyl adjacent to an activating group) is 2. The van der Waals surface area contributed by atoms with Gasteiger partial charge in [-0.05, 0) is 44.8 Å². The first-order valence-corrected chi connectivity index (χ1v) is 12.9. The number of hydrogen-bond donors (Lipinski definition) is 2. The van der Waals surface area contributed by atoms with Gasteiger partial charge in [-0.2, -0.15) is 5.26 Å². The van der Waals surface area contributed by atoms with E-state index in [1.165, 1.54) is 11.0 Å². The lowest BCUT2D eigenvalue weighted by molar-refractivity contribution is -0.131. The number of nitrogens with one attached hydrogen (secondary N) is 2. The Bertz CT molecular complexity index is 1420. The van der Waals surface area contributed by atoms with Crippen LogP contribution in [0.3, 0.4) is 0 Å². The van der Waals surface area contributed by atoms with Crippen LogP contribution in [0.4, 0.5) is 11.6 Å². The lowest BCUT2D eigenvalue weighted by Crippen LogP contribution is -2.38. The third-order valence-electron chi connectivity index (χ3n) is 5.62. The van der Waals surface area contributed by atoms with E-state index < -0.39 is 0 Å². The molecular weight excluding hydrogens is 502 g/mol. The Hall–Kier alpha value is -4.99. The molecule has 1 aromatic heterocycles. The number of benzene rings is 2. The summed E-state index contributed by atoms with van der Waals surface area (Å²) in [5.41, 5.74) is 3.67. The molecule has 9 nitrogen and oxygen atoms in total. The summed E-state index contributed by atoms with van der Waals surface area (Å²) in [4.78, 5) is 36.7. The topological polar surface area (TPSA) is 114 Å². The van der Waals surface area contributed by atoms with Gasteiger partial charge in [0.15, 0.2) is 0 Å². The summed E-state index contributed by atoms with van der Waals surface area (Å²) in [7, 11) is 5.44. The lowest BCUT2D eigenvalue weighted by atomic mass is 10.1. The highest BCUT2D eigenvalue weighted by Gasteiger charge is 2.10. The number of aromatic nitrogens is 2. The molecule has 2 aromatic carbocycles. The normalized spacial score (nSPS) is 10.5. The third kappa shape index (κ3) is 9.71. The fourth-order valence-corrected chi connectivity index (χ4v) is 3.51. The fourth-order valence-electron chi connectivity index (χ4n) is 3.51.